The number of ether oxygens (including phenoxy) is 2. The molecule has 1 fully saturated rings. The van der Waals surface area contributed by atoms with E-state index < -0.39 is 41.5 Å². The quantitative estimate of drug-likeness (QED) is 0.180. The van der Waals surface area contributed by atoms with Crippen molar-refractivity contribution in [3.63, 3.8) is 0 Å². The lowest BCUT2D eigenvalue weighted by Crippen LogP contribution is -2.71. The SMILES string of the molecule is CC(OC(=O)c1ccccc1)C1=C(C(=O)OC(c2ccccc2)c2ccccc2)N2C(=O)C(NC(=O)Cc3cccs3)[C@@H]2SC1. The molecule has 4 aromatic rings. The van der Waals surface area contributed by atoms with Crippen molar-refractivity contribution in [2.45, 2.75) is 37.0 Å². The summed E-state index contributed by atoms with van der Waals surface area (Å²) in [7, 11) is 0. The molecule has 1 N–H and O–H groups in total. The molecule has 0 spiro atoms. The molecule has 0 bridgehead atoms. The third kappa shape index (κ3) is 6.57. The van der Waals surface area contributed by atoms with Gasteiger partial charge in [-0.25, -0.2) is 9.59 Å². The Morgan fingerprint density at radius 2 is 1.47 bits per heavy atom. The molecule has 2 unspecified atom stereocenters. The highest BCUT2D eigenvalue weighted by molar-refractivity contribution is 8.00. The Balaban J connectivity index is 1.30. The van der Waals surface area contributed by atoms with Crippen LogP contribution in [0.4, 0.5) is 0 Å². The maximum absolute atomic E-state index is 14.2. The molecule has 0 saturated carbocycles. The van der Waals surface area contributed by atoms with Crippen LogP contribution < -0.4 is 5.32 Å². The zero-order chi connectivity index (χ0) is 31.3. The molecule has 8 nitrogen and oxygen atoms in total. The van der Waals surface area contributed by atoms with Gasteiger partial charge in [-0.05, 0) is 41.6 Å². The van der Waals surface area contributed by atoms with Crippen molar-refractivity contribution in [2.75, 3.05) is 5.75 Å². The molecular weight excluding hydrogens is 609 g/mol. The maximum Gasteiger partial charge on any atom is 0.356 e. The molecule has 1 saturated heterocycles. The van der Waals surface area contributed by atoms with Crippen molar-refractivity contribution in [1.82, 2.24) is 10.2 Å². The second-order valence-corrected chi connectivity index (χ2v) is 12.7. The molecule has 2 amide bonds. The van der Waals surface area contributed by atoms with Crippen LogP contribution in [0.1, 0.15) is 39.4 Å². The molecule has 0 aliphatic carbocycles. The molecule has 2 aliphatic heterocycles. The number of hydrogen-bond acceptors (Lipinski definition) is 8. The number of thiophene rings is 1. The lowest BCUT2D eigenvalue weighted by molar-refractivity contribution is -0.154. The minimum absolute atomic E-state index is 0.0396. The number of amides is 2. The summed E-state index contributed by atoms with van der Waals surface area (Å²) < 4.78 is 12.0. The van der Waals surface area contributed by atoms with E-state index in [-0.39, 0.29) is 18.0 Å². The first-order chi connectivity index (χ1) is 21.9. The Morgan fingerprint density at radius 1 is 0.844 bits per heavy atom. The molecule has 0 radical (unpaired) electrons. The maximum atomic E-state index is 14.2. The topological polar surface area (TPSA) is 102 Å². The normalized spacial score (nSPS) is 18.1. The van der Waals surface area contributed by atoms with Gasteiger partial charge in [-0.3, -0.25) is 14.5 Å². The number of nitrogens with zero attached hydrogens (tertiary/aromatic N) is 1. The van der Waals surface area contributed by atoms with E-state index in [0.29, 0.717) is 16.9 Å². The van der Waals surface area contributed by atoms with Crippen LogP contribution in [0.2, 0.25) is 0 Å². The third-order valence-electron chi connectivity index (χ3n) is 7.64. The summed E-state index contributed by atoms with van der Waals surface area (Å²) in [5.74, 6) is -1.66. The van der Waals surface area contributed by atoms with E-state index >= 15 is 0 Å². The first-order valence-electron chi connectivity index (χ1n) is 14.5. The number of carbonyl (C=O) groups is 4. The zero-order valence-electron chi connectivity index (χ0n) is 24.3. The average Bonchev–Trinajstić information content (AvgIpc) is 3.59. The second kappa shape index (κ2) is 13.5. The molecule has 228 valence electrons. The van der Waals surface area contributed by atoms with Crippen LogP contribution in [0.25, 0.3) is 0 Å². The Kier molecular flexibility index (Phi) is 9.13. The Morgan fingerprint density at radius 3 is 2.07 bits per heavy atom. The summed E-state index contributed by atoms with van der Waals surface area (Å²) in [4.78, 5) is 55.8. The first-order valence-corrected chi connectivity index (χ1v) is 16.4. The average molecular weight is 639 g/mol. The van der Waals surface area contributed by atoms with Crippen molar-refractivity contribution in [3.05, 3.63) is 141 Å². The van der Waals surface area contributed by atoms with E-state index in [1.165, 1.54) is 28.0 Å². The molecule has 3 atom stereocenters. The number of thioether (sulfide) groups is 1. The van der Waals surface area contributed by atoms with Gasteiger partial charge in [-0.2, -0.15) is 0 Å². The summed E-state index contributed by atoms with van der Waals surface area (Å²) in [6.45, 7) is 1.68. The van der Waals surface area contributed by atoms with Crippen LogP contribution in [0.5, 0.6) is 0 Å². The zero-order valence-corrected chi connectivity index (χ0v) is 26.0. The summed E-state index contributed by atoms with van der Waals surface area (Å²) in [5.41, 5.74) is 2.40. The monoisotopic (exact) mass is 638 g/mol. The van der Waals surface area contributed by atoms with Gasteiger partial charge in [0.15, 0.2) is 6.10 Å². The summed E-state index contributed by atoms with van der Waals surface area (Å²) in [5, 5.41) is 4.23. The number of β-lactam (4-membered cyclic amide) rings is 1. The fraction of sp³-hybridized carbons (Fsp3) is 0.200. The van der Waals surface area contributed by atoms with E-state index in [4.69, 9.17) is 9.47 Å². The van der Waals surface area contributed by atoms with Crippen molar-refractivity contribution in [3.8, 4) is 0 Å². The highest BCUT2D eigenvalue weighted by Gasteiger charge is 2.55. The Bertz CT molecular complexity index is 1670. The van der Waals surface area contributed by atoms with Crippen LogP contribution >= 0.6 is 23.1 Å². The fourth-order valence-corrected chi connectivity index (χ4v) is 7.52. The lowest BCUT2D eigenvalue weighted by Gasteiger charge is -2.50. The standard InChI is InChI=1S/C35H30N2O6S2/c1-22(42-34(40)25-16-9-4-10-17-25)27-21-45-33-29(36-28(38)20-26-18-11-19-44-26)32(39)37(33)30(27)35(41)43-31(23-12-5-2-6-13-23)24-14-7-3-8-15-24/h2-19,22,29,31,33H,20-21H2,1H3,(H,36,38)/t22?,29?,33-/m0/s1. The van der Waals surface area contributed by atoms with Gasteiger partial charge in [0.1, 0.15) is 23.2 Å². The predicted octanol–water partition coefficient (Wildman–Crippen LogP) is 5.52. The van der Waals surface area contributed by atoms with Gasteiger partial charge in [0.25, 0.3) is 5.91 Å². The van der Waals surface area contributed by atoms with Crippen LogP contribution in [0.3, 0.4) is 0 Å². The van der Waals surface area contributed by atoms with Crippen molar-refractivity contribution in [1.29, 1.82) is 0 Å². The minimum Gasteiger partial charge on any atom is -0.454 e. The second-order valence-electron chi connectivity index (χ2n) is 10.6. The molecule has 6 rings (SSSR count). The van der Waals surface area contributed by atoms with Crippen LogP contribution in [0.15, 0.2) is 120 Å². The van der Waals surface area contributed by atoms with Crippen LogP contribution in [-0.2, 0) is 30.3 Å². The van der Waals surface area contributed by atoms with E-state index in [9.17, 15) is 19.2 Å². The predicted molar refractivity (Wildman–Crippen MR) is 172 cm³/mol. The van der Waals surface area contributed by atoms with E-state index in [0.717, 1.165) is 16.0 Å². The highest BCUT2D eigenvalue weighted by atomic mass is 32.2. The number of fused-ring (bicyclic) bond motifs is 1. The summed E-state index contributed by atoms with van der Waals surface area (Å²) in [6.07, 6.45) is -1.42. The van der Waals surface area contributed by atoms with E-state index in [1.807, 2.05) is 78.2 Å². The van der Waals surface area contributed by atoms with Crippen molar-refractivity contribution in [2.24, 2.45) is 0 Å². The van der Waals surface area contributed by atoms with Crippen molar-refractivity contribution >= 4 is 46.9 Å². The number of carbonyl (C=O) groups excluding carboxylic acids is 4. The minimum atomic E-state index is -0.833. The number of hydrogen-bond donors (Lipinski definition) is 1. The van der Waals surface area contributed by atoms with E-state index in [1.54, 1.807) is 37.3 Å². The van der Waals surface area contributed by atoms with Gasteiger partial charge < -0.3 is 14.8 Å². The molecule has 45 heavy (non-hydrogen) atoms. The molecule has 10 heteroatoms. The molecule has 2 aliphatic rings. The Hall–Kier alpha value is -4.67. The van der Waals surface area contributed by atoms with Crippen molar-refractivity contribution < 1.29 is 28.7 Å². The van der Waals surface area contributed by atoms with Crippen LogP contribution in [0, 0.1) is 0 Å². The van der Waals surface area contributed by atoms with Gasteiger partial charge >= 0.3 is 11.9 Å². The molecule has 1 aromatic heterocycles. The Labute approximate surface area is 269 Å². The van der Waals surface area contributed by atoms with Gasteiger partial charge in [-0.1, -0.05) is 84.9 Å². The van der Waals surface area contributed by atoms with Crippen LogP contribution in [-0.4, -0.2) is 51.9 Å². The smallest absolute Gasteiger partial charge is 0.356 e. The molecule has 3 heterocycles. The summed E-state index contributed by atoms with van der Waals surface area (Å²) in [6, 6.07) is 30.2. The van der Waals surface area contributed by atoms with Gasteiger partial charge in [0.2, 0.25) is 5.91 Å². The fourth-order valence-electron chi connectivity index (χ4n) is 5.36. The van der Waals surface area contributed by atoms with Gasteiger partial charge in [0, 0.05) is 16.2 Å². The first kappa shape index (κ1) is 30.4. The molecular formula is C35H30N2O6S2. The highest BCUT2D eigenvalue weighted by Crippen LogP contribution is 2.43. The van der Waals surface area contributed by atoms with E-state index in [2.05, 4.69) is 5.32 Å². The molecule has 3 aromatic carbocycles. The third-order valence-corrected chi connectivity index (χ3v) is 9.81. The number of benzene rings is 3. The lowest BCUT2D eigenvalue weighted by atomic mass is 9.99. The number of nitrogens with one attached hydrogen (secondary N) is 1. The van der Waals surface area contributed by atoms with Gasteiger partial charge in [-0.15, -0.1) is 23.1 Å². The largest absolute Gasteiger partial charge is 0.454 e. The number of esters is 2. The summed E-state index contributed by atoms with van der Waals surface area (Å²) >= 11 is 2.87. The van der Waals surface area contributed by atoms with Gasteiger partial charge in [0.05, 0.1) is 12.0 Å². The number of rotatable bonds is 10.